The molecule has 2 heteroatoms. The van der Waals surface area contributed by atoms with Gasteiger partial charge in [0.15, 0.2) is 0 Å². The van der Waals surface area contributed by atoms with Gasteiger partial charge in [0.2, 0.25) is 0 Å². The van der Waals surface area contributed by atoms with Crippen molar-refractivity contribution in [1.82, 2.24) is 4.90 Å². The molecule has 1 fully saturated rings. The maximum Gasteiger partial charge on any atom is 0.123 e. The van der Waals surface area contributed by atoms with Crippen molar-refractivity contribution < 1.29 is 4.79 Å². The van der Waals surface area contributed by atoms with Crippen LogP contribution in [0.3, 0.4) is 0 Å². The molecule has 0 amide bonds. The number of carbonyl (C=O) groups is 1. The fourth-order valence-electron chi connectivity index (χ4n) is 2.39. The van der Waals surface area contributed by atoms with Crippen LogP contribution in [0.2, 0.25) is 0 Å². The number of nitrogens with zero attached hydrogens (tertiary/aromatic N) is 1. The summed E-state index contributed by atoms with van der Waals surface area (Å²) in [6.07, 6.45) is 4.27. The Morgan fingerprint density at radius 3 is 2.29 bits per heavy atom. The van der Waals surface area contributed by atoms with Gasteiger partial charge in [-0.1, -0.05) is 31.2 Å². The number of piperidine rings is 1. The number of likely N-dealkylation sites (tertiary alicyclic amines) is 1. The third-order valence-electron chi connectivity index (χ3n) is 3.66. The van der Waals surface area contributed by atoms with Gasteiger partial charge in [0, 0.05) is 12.5 Å². The number of aryl methyl sites for hydroxylation is 1. The molecular formula is C15H21NO. The summed E-state index contributed by atoms with van der Waals surface area (Å²) in [7, 11) is 0. The van der Waals surface area contributed by atoms with Gasteiger partial charge in [-0.25, -0.2) is 0 Å². The first-order valence-corrected chi connectivity index (χ1v) is 6.57. The fraction of sp³-hybridized carbons (Fsp3) is 0.533. The van der Waals surface area contributed by atoms with Crippen molar-refractivity contribution in [1.29, 1.82) is 0 Å². The minimum absolute atomic E-state index is 0.300. The number of carbonyl (C=O) groups excluding carboxylic acids is 1. The highest BCUT2D eigenvalue weighted by atomic mass is 16.1. The van der Waals surface area contributed by atoms with Crippen molar-refractivity contribution in [3.63, 3.8) is 0 Å². The molecule has 1 aromatic rings. The lowest BCUT2D eigenvalue weighted by molar-refractivity contribution is -0.112. The van der Waals surface area contributed by atoms with Crippen LogP contribution in [0.4, 0.5) is 0 Å². The summed E-state index contributed by atoms with van der Waals surface area (Å²) in [4.78, 5) is 13.1. The predicted octanol–water partition coefficient (Wildman–Crippen LogP) is 2.66. The molecule has 0 bridgehead atoms. The predicted molar refractivity (Wildman–Crippen MR) is 69.9 cm³/mol. The zero-order valence-corrected chi connectivity index (χ0v) is 10.6. The van der Waals surface area contributed by atoms with Gasteiger partial charge < -0.3 is 4.79 Å². The highest BCUT2D eigenvalue weighted by Gasteiger charge is 2.18. The van der Waals surface area contributed by atoms with Crippen molar-refractivity contribution >= 4 is 6.29 Å². The van der Waals surface area contributed by atoms with Crippen molar-refractivity contribution in [2.24, 2.45) is 5.92 Å². The van der Waals surface area contributed by atoms with E-state index >= 15 is 0 Å². The molecule has 17 heavy (non-hydrogen) atoms. The highest BCUT2D eigenvalue weighted by Crippen LogP contribution is 2.17. The Labute approximate surface area is 104 Å². The number of rotatable bonds is 4. The van der Waals surface area contributed by atoms with Gasteiger partial charge in [-0.15, -0.1) is 0 Å². The van der Waals surface area contributed by atoms with Crippen LogP contribution in [0.5, 0.6) is 0 Å². The molecule has 0 spiro atoms. The second-order valence-corrected chi connectivity index (χ2v) is 4.92. The average molecular weight is 231 g/mol. The summed E-state index contributed by atoms with van der Waals surface area (Å²) in [6, 6.07) is 8.89. The lowest BCUT2D eigenvalue weighted by Crippen LogP contribution is -2.33. The first kappa shape index (κ1) is 12.3. The minimum Gasteiger partial charge on any atom is -0.303 e. The maximum atomic E-state index is 10.7. The van der Waals surface area contributed by atoms with Crippen molar-refractivity contribution in [3.8, 4) is 0 Å². The molecule has 0 N–H and O–H groups in total. The Hall–Kier alpha value is -1.15. The van der Waals surface area contributed by atoms with Crippen LogP contribution < -0.4 is 0 Å². The van der Waals surface area contributed by atoms with E-state index in [0.717, 1.165) is 45.2 Å². The lowest BCUT2D eigenvalue weighted by Gasteiger charge is -2.29. The number of hydrogen-bond donors (Lipinski definition) is 0. The summed E-state index contributed by atoms with van der Waals surface area (Å²) >= 11 is 0. The smallest absolute Gasteiger partial charge is 0.123 e. The quantitative estimate of drug-likeness (QED) is 0.743. The Balaban J connectivity index is 1.86. The highest BCUT2D eigenvalue weighted by molar-refractivity contribution is 5.53. The van der Waals surface area contributed by atoms with Crippen LogP contribution in [0, 0.1) is 5.92 Å². The molecule has 1 aromatic carbocycles. The van der Waals surface area contributed by atoms with Gasteiger partial charge in [-0.2, -0.15) is 0 Å². The largest absolute Gasteiger partial charge is 0.303 e. The average Bonchev–Trinajstić information content (AvgIpc) is 2.40. The molecule has 0 saturated carbocycles. The van der Waals surface area contributed by atoms with E-state index in [1.807, 2.05) is 0 Å². The number of aldehydes is 1. The van der Waals surface area contributed by atoms with Crippen LogP contribution in [0.15, 0.2) is 24.3 Å². The van der Waals surface area contributed by atoms with E-state index in [1.165, 1.54) is 11.1 Å². The van der Waals surface area contributed by atoms with E-state index in [1.54, 1.807) is 0 Å². The van der Waals surface area contributed by atoms with Gasteiger partial charge >= 0.3 is 0 Å². The molecule has 0 radical (unpaired) electrons. The molecule has 2 nitrogen and oxygen atoms in total. The van der Waals surface area contributed by atoms with Crippen molar-refractivity contribution in [3.05, 3.63) is 35.4 Å². The molecule has 2 rings (SSSR count). The Morgan fingerprint density at radius 1 is 1.18 bits per heavy atom. The standard InChI is InChI=1S/C15H21NO/c1-2-13-3-5-14(6-4-13)11-16-9-7-15(12-17)8-10-16/h3-6,12,15H,2,7-11H2,1H3. The first-order valence-electron chi connectivity index (χ1n) is 6.57. The minimum atomic E-state index is 0.300. The second-order valence-electron chi connectivity index (χ2n) is 4.92. The second kappa shape index (κ2) is 5.97. The molecule has 92 valence electrons. The zero-order valence-electron chi connectivity index (χ0n) is 10.6. The summed E-state index contributed by atoms with van der Waals surface area (Å²) in [5.74, 6) is 0.300. The SMILES string of the molecule is CCc1ccc(CN2CCC(C=O)CC2)cc1. The van der Waals surface area contributed by atoms with Crippen molar-refractivity contribution in [2.45, 2.75) is 32.7 Å². The molecule has 1 saturated heterocycles. The Morgan fingerprint density at radius 2 is 1.76 bits per heavy atom. The van der Waals surface area contributed by atoms with Gasteiger partial charge in [0.05, 0.1) is 0 Å². The Bertz CT molecular complexity index is 350. The van der Waals surface area contributed by atoms with Gasteiger partial charge in [0.1, 0.15) is 6.29 Å². The number of hydrogen-bond acceptors (Lipinski definition) is 2. The van der Waals surface area contributed by atoms with Crippen molar-refractivity contribution in [2.75, 3.05) is 13.1 Å². The monoisotopic (exact) mass is 231 g/mol. The molecule has 0 atom stereocenters. The lowest BCUT2D eigenvalue weighted by atomic mass is 9.98. The fourth-order valence-corrected chi connectivity index (χ4v) is 2.39. The topological polar surface area (TPSA) is 20.3 Å². The molecule has 0 unspecified atom stereocenters. The van der Waals surface area contributed by atoms with Gasteiger partial charge in [-0.05, 0) is 43.5 Å². The normalized spacial score (nSPS) is 18.2. The summed E-state index contributed by atoms with van der Waals surface area (Å²) in [6.45, 7) is 5.31. The molecule has 1 heterocycles. The Kier molecular flexibility index (Phi) is 4.32. The van der Waals surface area contributed by atoms with Crippen LogP contribution in [-0.2, 0) is 17.8 Å². The van der Waals surface area contributed by atoms with Crippen LogP contribution in [0.1, 0.15) is 30.9 Å². The van der Waals surface area contributed by atoms with Crippen LogP contribution in [-0.4, -0.2) is 24.3 Å². The maximum absolute atomic E-state index is 10.7. The molecule has 1 aliphatic rings. The van der Waals surface area contributed by atoms with Crippen LogP contribution >= 0.6 is 0 Å². The van der Waals surface area contributed by atoms with Gasteiger partial charge in [0.25, 0.3) is 0 Å². The molecular weight excluding hydrogens is 210 g/mol. The third-order valence-corrected chi connectivity index (χ3v) is 3.66. The van der Waals surface area contributed by atoms with E-state index in [-0.39, 0.29) is 0 Å². The van der Waals surface area contributed by atoms with E-state index in [0.29, 0.717) is 5.92 Å². The van der Waals surface area contributed by atoms with Crippen LogP contribution in [0.25, 0.3) is 0 Å². The van der Waals surface area contributed by atoms with E-state index < -0.39 is 0 Å². The molecule has 0 aliphatic carbocycles. The summed E-state index contributed by atoms with van der Waals surface area (Å²) in [5, 5.41) is 0. The van der Waals surface area contributed by atoms with E-state index in [2.05, 4.69) is 36.1 Å². The summed E-state index contributed by atoms with van der Waals surface area (Å²) < 4.78 is 0. The summed E-state index contributed by atoms with van der Waals surface area (Å²) in [5.41, 5.74) is 2.78. The molecule has 1 aliphatic heterocycles. The third kappa shape index (κ3) is 3.40. The van der Waals surface area contributed by atoms with E-state index in [9.17, 15) is 4.79 Å². The number of benzene rings is 1. The first-order chi connectivity index (χ1) is 8.31. The van der Waals surface area contributed by atoms with E-state index in [4.69, 9.17) is 0 Å². The zero-order chi connectivity index (χ0) is 12.1. The molecule has 0 aromatic heterocycles. The van der Waals surface area contributed by atoms with Gasteiger partial charge in [-0.3, -0.25) is 4.90 Å².